The first-order valence-corrected chi connectivity index (χ1v) is 6.19. The van der Waals surface area contributed by atoms with Crippen LogP contribution in [0.15, 0.2) is 0 Å². The van der Waals surface area contributed by atoms with Gasteiger partial charge in [0.05, 0.1) is 13.2 Å². The predicted octanol–water partition coefficient (Wildman–Crippen LogP) is 0.994. The Morgan fingerprint density at radius 1 is 1.31 bits per heavy atom. The lowest BCUT2D eigenvalue weighted by molar-refractivity contribution is -0.123. The van der Waals surface area contributed by atoms with Crippen LogP contribution in [0.1, 0.15) is 40.5 Å². The van der Waals surface area contributed by atoms with Crippen molar-refractivity contribution in [1.82, 2.24) is 10.2 Å². The van der Waals surface area contributed by atoms with Crippen molar-refractivity contribution in [2.45, 2.75) is 52.6 Å². The third-order valence-electron chi connectivity index (χ3n) is 2.64. The van der Waals surface area contributed by atoms with Gasteiger partial charge in [0.25, 0.3) is 0 Å². The normalized spacial score (nSPS) is 11.5. The number of nitrogens with zero attached hydrogens (tertiary/aromatic N) is 1. The maximum absolute atomic E-state index is 11.6. The largest absolute Gasteiger partial charge is 0.395 e. The molecular weight excluding hydrogens is 204 g/mol. The number of nitrogens with one attached hydrogen (secondary N) is 1. The molecule has 0 radical (unpaired) electrons. The van der Waals surface area contributed by atoms with Crippen molar-refractivity contribution in [1.29, 1.82) is 0 Å². The quantitative estimate of drug-likeness (QED) is 0.654. The molecule has 0 heterocycles. The first-order chi connectivity index (χ1) is 7.54. The van der Waals surface area contributed by atoms with Gasteiger partial charge in [0.2, 0.25) is 5.91 Å². The molecule has 0 fully saturated rings. The maximum Gasteiger partial charge on any atom is 0.234 e. The second-order valence-electron chi connectivity index (χ2n) is 4.39. The lowest BCUT2D eigenvalue weighted by Gasteiger charge is -2.29. The van der Waals surface area contributed by atoms with Crippen molar-refractivity contribution in [2.75, 3.05) is 19.7 Å². The molecule has 0 bridgehead atoms. The molecule has 0 spiro atoms. The first-order valence-electron chi connectivity index (χ1n) is 6.19. The fraction of sp³-hybridized carbons (Fsp3) is 0.917. The molecule has 0 aliphatic carbocycles. The van der Waals surface area contributed by atoms with Crippen molar-refractivity contribution in [3.8, 4) is 0 Å². The predicted molar refractivity (Wildman–Crippen MR) is 66.3 cm³/mol. The van der Waals surface area contributed by atoms with Crippen molar-refractivity contribution < 1.29 is 9.90 Å². The van der Waals surface area contributed by atoms with Crippen molar-refractivity contribution in [3.05, 3.63) is 0 Å². The number of hydrogen-bond acceptors (Lipinski definition) is 3. The Balaban J connectivity index is 4.25. The smallest absolute Gasteiger partial charge is 0.234 e. The lowest BCUT2D eigenvalue weighted by Crippen LogP contribution is -2.45. The number of carbonyl (C=O) groups is 1. The van der Waals surface area contributed by atoms with E-state index in [0.29, 0.717) is 19.1 Å². The summed E-state index contributed by atoms with van der Waals surface area (Å²) in [5, 5.41) is 11.9. The number of aliphatic hydroxyl groups is 1. The molecular formula is C12H26N2O2. The average Bonchev–Trinajstić information content (AvgIpc) is 2.18. The molecule has 4 nitrogen and oxygen atoms in total. The summed E-state index contributed by atoms with van der Waals surface area (Å²) in [5.74, 6) is 0.0374. The van der Waals surface area contributed by atoms with Crippen LogP contribution in [0.25, 0.3) is 0 Å². The fourth-order valence-electron chi connectivity index (χ4n) is 1.88. The monoisotopic (exact) mass is 230 g/mol. The number of hydrogen-bond donors (Lipinski definition) is 2. The lowest BCUT2D eigenvalue weighted by atomic mass is 10.1. The zero-order chi connectivity index (χ0) is 12.6. The van der Waals surface area contributed by atoms with Gasteiger partial charge in [-0.05, 0) is 26.7 Å². The third-order valence-corrected chi connectivity index (χ3v) is 2.64. The van der Waals surface area contributed by atoms with E-state index >= 15 is 0 Å². The van der Waals surface area contributed by atoms with Crippen LogP contribution in [0.3, 0.4) is 0 Å². The summed E-state index contributed by atoms with van der Waals surface area (Å²) in [4.78, 5) is 13.7. The fourth-order valence-corrected chi connectivity index (χ4v) is 1.88. The highest BCUT2D eigenvalue weighted by atomic mass is 16.3. The molecule has 0 saturated heterocycles. The van der Waals surface area contributed by atoms with E-state index in [1.807, 2.05) is 13.8 Å². The molecule has 0 aliphatic heterocycles. The van der Waals surface area contributed by atoms with Crippen LogP contribution in [0.4, 0.5) is 0 Å². The molecule has 1 amide bonds. The van der Waals surface area contributed by atoms with Crippen molar-refractivity contribution in [2.24, 2.45) is 0 Å². The minimum atomic E-state index is 0.0374. The zero-order valence-electron chi connectivity index (χ0n) is 11.0. The summed E-state index contributed by atoms with van der Waals surface area (Å²) in [6, 6.07) is 0.551. The van der Waals surface area contributed by atoms with Gasteiger partial charge in [0, 0.05) is 18.6 Å². The van der Waals surface area contributed by atoms with E-state index in [9.17, 15) is 4.79 Å². The second kappa shape index (κ2) is 8.53. The Labute approximate surface area is 99.0 Å². The van der Waals surface area contributed by atoms with Crippen LogP contribution in [0, 0.1) is 0 Å². The molecule has 0 atom stereocenters. The Bertz CT molecular complexity index is 191. The highest BCUT2D eigenvalue weighted by Crippen LogP contribution is 2.07. The minimum absolute atomic E-state index is 0.0374. The third kappa shape index (κ3) is 6.08. The van der Waals surface area contributed by atoms with Crippen molar-refractivity contribution in [3.63, 3.8) is 0 Å². The summed E-state index contributed by atoms with van der Waals surface area (Å²) in [6.07, 6.45) is 2.01. The van der Waals surface area contributed by atoms with Crippen LogP contribution < -0.4 is 5.32 Å². The topological polar surface area (TPSA) is 52.6 Å². The molecule has 0 rings (SSSR count). The summed E-state index contributed by atoms with van der Waals surface area (Å²) >= 11 is 0. The standard InChI is InChI=1S/C12H26N2O2/c1-5-11(6-2)14(7-8-15)9-12(16)13-10(3)4/h10-11,15H,5-9H2,1-4H3,(H,13,16). The van der Waals surface area contributed by atoms with Gasteiger partial charge in [-0.1, -0.05) is 13.8 Å². The van der Waals surface area contributed by atoms with Gasteiger partial charge in [-0.2, -0.15) is 0 Å². The number of carbonyl (C=O) groups excluding carboxylic acids is 1. The highest BCUT2D eigenvalue weighted by molar-refractivity contribution is 5.78. The zero-order valence-corrected chi connectivity index (χ0v) is 11.0. The van der Waals surface area contributed by atoms with E-state index in [0.717, 1.165) is 12.8 Å². The maximum atomic E-state index is 11.6. The van der Waals surface area contributed by atoms with Gasteiger partial charge in [0.15, 0.2) is 0 Å². The van der Waals surface area contributed by atoms with Gasteiger partial charge >= 0.3 is 0 Å². The summed E-state index contributed by atoms with van der Waals surface area (Å²) < 4.78 is 0. The first kappa shape index (κ1) is 15.4. The Morgan fingerprint density at radius 2 is 1.88 bits per heavy atom. The number of amides is 1. The van der Waals surface area contributed by atoms with Crippen LogP contribution in [-0.2, 0) is 4.79 Å². The average molecular weight is 230 g/mol. The van der Waals surface area contributed by atoms with Crippen LogP contribution in [0.2, 0.25) is 0 Å². The van der Waals surface area contributed by atoms with Gasteiger partial charge in [0.1, 0.15) is 0 Å². The van der Waals surface area contributed by atoms with Crippen LogP contribution >= 0.6 is 0 Å². The molecule has 0 saturated carbocycles. The molecule has 16 heavy (non-hydrogen) atoms. The SMILES string of the molecule is CCC(CC)N(CCO)CC(=O)NC(C)C. The van der Waals surface area contributed by atoms with Crippen LogP contribution in [0.5, 0.6) is 0 Å². The molecule has 0 unspecified atom stereocenters. The Kier molecular flexibility index (Phi) is 8.21. The molecule has 0 aliphatic rings. The highest BCUT2D eigenvalue weighted by Gasteiger charge is 2.17. The van der Waals surface area contributed by atoms with E-state index in [2.05, 4.69) is 24.1 Å². The molecule has 0 aromatic heterocycles. The van der Waals surface area contributed by atoms with Gasteiger partial charge < -0.3 is 10.4 Å². The Hall–Kier alpha value is -0.610. The van der Waals surface area contributed by atoms with Gasteiger partial charge in [-0.25, -0.2) is 0 Å². The number of aliphatic hydroxyl groups excluding tert-OH is 1. The second-order valence-corrected chi connectivity index (χ2v) is 4.39. The Morgan fingerprint density at radius 3 is 2.25 bits per heavy atom. The minimum Gasteiger partial charge on any atom is -0.395 e. The molecule has 0 aromatic carbocycles. The number of rotatable bonds is 8. The van der Waals surface area contributed by atoms with E-state index in [-0.39, 0.29) is 18.6 Å². The molecule has 2 N–H and O–H groups in total. The van der Waals surface area contributed by atoms with Crippen molar-refractivity contribution >= 4 is 5.91 Å². The van der Waals surface area contributed by atoms with E-state index in [4.69, 9.17) is 5.11 Å². The molecule has 96 valence electrons. The van der Waals surface area contributed by atoms with E-state index in [1.54, 1.807) is 0 Å². The van der Waals surface area contributed by atoms with Gasteiger partial charge in [-0.15, -0.1) is 0 Å². The summed E-state index contributed by atoms with van der Waals surface area (Å²) in [7, 11) is 0. The van der Waals surface area contributed by atoms with Gasteiger partial charge in [-0.3, -0.25) is 9.69 Å². The van der Waals surface area contributed by atoms with Crippen LogP contribution in [-0.4, -0.2) is 47.7 Å². The summed E-state index contributed by atoms with van der Waals surface area (Å²) in [6.45, 7) is 9.17. The molecule has 4 heteroatoms. The van der Waals surface area contributed by atoms with E-state index in [1.165, 1.54) is 0 Å². The van der Waals surface area contributed by atoms with E-state index < -0.39 is 0 Å². The summed E-state index contributed by atoms with van der Waals surface area (Å²) in [5.41, 5.74) is 0. The molecule has 0 aromatic rings.